The Morgan fingerprint density at radius 3 is 2.85 bits per heavy atom. The topological polar surface area (TPSA) is 51.5 Å². The molecule has 1 aromatic carbocycles. The van der Waals surface area contributed by atoms with Crippen LogP contribution < -0.4 is 10.1 Å². The number of hydrogen-bond donors (Lipinski definition) is 1. The lowest BCUT2D eigenvalue weighted by Crippen LogP contribution is -2.25. The molecule has 0 bridgehead atoms. The minimum Gasteiger partial charge on any atom is -0.495 e. The molecule has 0 unspecified atom stereocenters. The van der Waals surface area contributed by atoms with Gasteiger partial charge in [0.25, 0.3) is 5.91 Å². The Morgan fingerprint density at radius 1 is 1.40 bits per heavy atom. The molecule has 0 aliphatic rings. The zero-order valence-corrected chi connectivity index (χ0v) is 12.3. The lowest BCUT2D eigenvalue weighted by molar-refractivity contribution is 0.0926. The molecule has 6 heteroatoms. The molecule has 1 N–H and O–H groups in total. The van der Waals surface area contributed by atoms with Gasteiger partial charge in [-0.25, -0.2) is 0 Å². The molecule has 2 aromatic rings. The van der Waals surface area contributed by atoms with Crippen molar-refractivity contribution in [3.05, 3.63) is 51.9 Å². The molecule has 1 heterocycles. The summed E-state index contributed by atoms with van der Waals surface area (Å²) in [6.07, 6.45) is 2.00. The second kappa shape index (κ2) is 6.68. The molecule has 2 rings (SSSR count). The van der Waals surface area contributed by atoms with E-state index in [-0.39, 0.29) is 11.7 Å². The van der Waals surface area contributed by atoms with Crippen LogP contribution in [0.2, 0.25) is 10.0 Å². The molecular formula is C14H13Cl2NO3. The van der Waals surface area contributed by atoms with E-state index < -0.39 is 0 Å². The summed E-state index contributed by atoms with van der Waals surface area (Å²) < 4.78 is 10.2. The van der Waals surface area contributed by atoms with Gasteiger partial charge < -0.3 is 14.5 Å². The molecule has 106 valence electrons. The second-order valence-electron chi connectivity index (χ2n) is 4.06. The third kappa shape index (κ3) is 3.46. The number of carbonyl (C=O) groups is 1. The quantitative estimate of drug-likeness (QED) is 0.918. The Kier molecular flexibility index (Phi) is 4.93. The molecule has 1 aromatic heterocycles. The molecule has 20 heavy (non-hydrogen) atoms. The van der Waals surface area contributed by atoms with Crippen LogP contribution in [0.25, 0.3) is 0 Å². The maximum Gasteiger partial charge on any atom is 0.286 e. The maximum atomic E-state index is 11.7. The molecule has 0 saturated heterocycles. The van der Waals surface area contributed by atoms with Crippen LogP contribution in [0.4, 0.5) is 0 Å². The van der Waals surface area contributed by atoms with Crippen LogP contribution in [0.5, 0.6) is 5.75 Å². The van der Waals surface area contributed by atoms with Gasteiger partial charge in [-0.1, -0.05) is 23.2 Å². The highest BCUT2D eigenvalue weighted by atomic mass is 35.5. The lowest BCUT2D eigenvalue weighted by atomic mass is 10.1. The van der Waals surface area contributed by atoms with Crippen molar-refractivity contribution in [2.24, 2.45) is 0 Å². The first-order valence-electron chi connectivity index (χ1n) is 5.95. The number of rotatable bonds is 5. The van der Waals surface area contributed by atoms with E-state index in [1.807, 2.05) is 0 Å². The average molecular weight is 314 g/mol. The van der Waals surface area contributed by atoms with Crippen LogP contribution >= 0.6 is 23.2 Å². The monoisotopic (exact) mass is 313 g/mol. The molecule has 1 amide bonds. The van der Waals surface area contributed by atoms with Gasteiger partial charge in [-0.05, 0) is 36.2 Å². The van der Waals surface area contributed by atoms with Crippen LogP contribution in [0.15, 0.2) is 34.9 Å². The van der Waals surface area contributed by atoms with E-state index in [0.717, 1.165) is 5.56 Å². The Hall–Kier alpha value is -1.65. The van der Waals surface area contributed by atoms with Crippen molar-refractivity contribution in [2.45, 2.75) is 6.42 Å². The van der Waals surface area contributed by atoms with E-state index in [9.17, 15) is 4.79 Å². The number of carbonyl (C=O) groups excluding carboxylic acids is 1. The van der Waals surface area contributed by atoms with Crippen molar-refractivity contribution >= 4 is 29.1 Å². The number of halogens is 2. The molecule has 4 nitrogen and oxygen atoms in total. The van der Waals surface area contributed by atoms with Gasteiger partial charge >= 0.3 is 0 Å². The minimum atomic E-state index is -0.262. The molecular weight excluding hydrogens is 301 g/mol. The van der Waals surface area contributed by atoms with Crippen LogP contribution in [0.3, 0.4) is 0 Å². The summed E-state index contributed by atoms with van der Waals surface area (Å²) in [6.45, 7) is 0.423. The summed E-state index contributed by atoms with van der Waals surface area (Å²) >= 11 is 12.0. The number of ether oxygens (including phenoxy) is 1. The standard InChI is InChI=1S/C14H13Cl2NO3/c1-19-13-9(7-10(15)8-11(13)16)4-5-17-14(18)12-3-2-6-20-12/h2-3,6-8H,4-5H2,1H3,(H,17,18). The first-order chi connectivity index (χ1) is 9.61. The van der Waals surface area contributed by atoms with Crippen molar-refractivity contribution in [1.82, 2.24) is 5.32 Å². The smallest absolute Gasteiger partial charge is 0.286 e. The molecule has 0 saturated carbocycles. The van der Waals surface area contributed by atoms with E-state index in [4.69, 9.17) is 32.4 Å². The van der Waals surface area contributed by atoms with Crippen molar-refractivity contribution in [1.29, 1.82) is 0 Å². The van der Waals surface area contributed by atoms with Crippen molar-refractivity contribution < 1.29 is 13.9 Å². The van der Waals surface area contributed by atoms with Crippen molar-refractivity contribution in [2.75, 3.05) is 13.7 Å². The first kappa shape index (κ1) is 14.8. The van der Waals surface area contributed by atoms with Crippen LogP contribution in [0, 0.1) is 0 Å². The molecule has 0 fully saturated rings. The Morgan fingerprint density at radius 2 is 2.20 bits per heavy atom. The van der Waals surface area contributed by atoms with Crippen LogP contribution in [-0.2, 0) is 6.42 Å². The lowest BCUT2D eigenvalue weighted by Gasteiger charge is -2.11. The van der Waals surface area contributed by atoms with Gasteiger partial charge in [-0.3, -0.25) is 4.79 Å². The summed E-state index contributed by atoms with van der Waals surface area (Å²) in [4.78, 5) is 11.7. The third-order valence-electron chi connectivity index (χ3n) is 2.71. The average Bonchev–Trinajstić information content (AvgIpc) is 2.92. The maximum absolute atomic E-state index is 11.7. The summed E-state index contributed by atoms with van der Waals surface area (Å²) in [5.74, 6) is 0.589. The molecule has 0 atom stereocenters. The number of furan rings is 1. The highest BCUT2D eigenvalue weighted by Gasteiger charge is 2.11. The molecule has 0 spiro atoms. The Labute approximate surface area is 126 Å². The molecule has 0 aliphatic heterocycles. The fraction of sp³-hybridized carbons (Fsp3) is 0.214. The van der Waals surface area contributed by atoms with E-state index in [1.165, 1.54) is 6.26 Å². The van der Waals surface area contributed by atoms with Crippen molar-refractivity contribution in [3.63, 3.8) is 0 Å². The van der Waals surface area contributed by atoms with Gasteiger partial charge in [0.1, 0.15) is 5.75 Å². The van der Waals surface area contributed by atoms with E-state index in [2.05, 4.69) is 5.32 Å². The Balaban J connectivity index is 1.99. The second-order valence-corrected chi connectivity index (χ2v) is 4.91. The molecule has 0 aliphatic carbocycles. The van der Waals surface area contributed by atoms with Gasteiger partial charge in [-0.15, -0.1) is 0 Å². The van der Waals surface area contributed by atoms with Crippen molar-refractivity contribution in [3.8, 4) is 5.75 Å². The van der Waals surface area contributed by atoms with Crippen LogP contribution in [-0.4, -0.2) is 19.6 Å². The SMILES string of the molecule is COc1c(Cl)cc(Cl)cc1CCNC(=O)c1ccco1. The number of methoxy groups -OCH3 is 1. The predicted octanol–water partition coefficient (Wildman–Crippen LogP) is 3.57. The predicted molar refractivity (Wildman–Crippen MR) is 77.8 cm³/mol. The summed E-state index contributed by atoms with van der Waals surface area (Å²) in [6, 6.07) is 6.65. The number of benzene rings is 1. The van der Waals surface area contributed by atoms with Gasteiger partial charge in [0.15, 0.2) is 5.76 Å². The highest BCUT2D eigenvalue weighted by molar-refractivity contribution is 6.35. The van der Waals surface area contributed by atoms with Gasteiger partial charge in [0.2, 0.25) is 0 Å². The van der Waals surface area contributed by atoms with E-state index in [0.29, 0.717) is 28.8 Å². The van der Waals surface area contributed by atoms with Gasteiger partial charge in [0.05, 0.1) is 18.4 Å². The van der Waals surface area contributed by atoms with E-state index >= 15 is 0 Å². The normalized spacial score (nSPS) is 10.3. The zero-order valence-electron chi connectivity index (χ0n) is 10.8. The number of hydrogen-bond acceptors (Lipinski definition) is 3. The number of amides is 1. The molecule has 0 radical (unpaired) electrons. The summed E-state index contributed by atoms with van der Waals surface area (Å²) in [5, 5.41) is 3.73. The first-order valence-corrected chi connectivity index (χ1v) is 6.71. The summed E-state index contributed by atoms with van der Waals surface area (Å²) in [5.41, 5.74) is 0.838. The number of nitrogens with one attached hydrogen (secondary N) is 1. The van der Waals surface area contributed by atoms with E-state index in [1.54, 1.807) is 31.4 Å². The fourth-order valence-electron chi connectivity index (χ4n) is 1.83. The highest BCUT2D eigenvalue weighted by Crippen LogP contribution is 2.32. The fourth-order valence-corrected chi connectivity index (χ4v) is 2.45. The minimum absolute atomic E-state index is 0.262. The third-order valence-corrected chi connectivity index (χ3v) is 3.21. The van der Waals surface area contributed by atoms with Gasteiger partial charge in [-0.2, -0.15) is 0 Å². The van der Waals surface area contributed by atoms with Crippen LogP contribution in [0.1, 0.15) is 16.1 Å². The zero-order chi connectivity index (χ0) is 14.5. The largest absolute Gasteiger partial charge is 0.495 e. The Bertz CT molecular complexity index is 597. The summed E-state index contributed by atoms with van der Waals surface area (Å²) in [7, 11) is 1.54. The van der Waals surface area contributed by atoms with Gasteiger partial charge in [0, 0.05) is 11.6 Å².